The van der Waals surface area contributed by atoms with Gasteiger partial charge in [-0.05, 0) is 13.3 Å². The van der Waals surface area contributed by atoms with Gasteiger partial charge in [-0.3, -0.25) is 9.59 Å². The zero-order chi connectivity index (χ0) is 13.0. The van der Waals surface area contributed by atoms with Crippen LogP contribution in [0.2, 0.25) is 0 Å². The fraction of sp³-hybridized carbons (Fsp3) is 0.727. The van der Waals surface area contributed by atoms with Crippen molar-refractivity contribution in [3.63, 3.8) is 0 Å². The van der Waals surface area contributed by atoms with E-state index in [1.807, 2.05) is 0 Å². The Kier molecular flexibility index (Phi) is 4.48. The predicted octanol–water partition coefficient (Wildman–Crippen LogP) is 0.102. The maximum absolute atomic E-state index is 11.7. The largest absolute Gasteiger partial charge is 0.467 e. The standard InChI is InChI=1S/C11H17NO5/c1-7(6-17-8(2)13)12-9(11(15)16-3)4-5-10(12)14/h7,9H,4-6H2,1-3H3. The first-order chi connectivity index (χ1) is 7.97. The first kappa shape index (κ1) is 13.5. The molecule has 17 heavy (non-hydrogen) atoms. The summed E-state index contributed by atoms with van der Waals surface area (Å²) in [5.74, 6) is -0.941. The number of nitrogens with zero attached hydrogens (tertiary/aromatic N) is 1. The highest BCUT2D eigenvalue weighted by Gasteiger charge is 2.39. The number of amides is 1. The average Bonchev–Trinajstić information content (AvgIpc) is 2.67. The quantitative estimate of drug-likeness (QED) is 0.655. The van der Waals surface area contributed by atoms with E-state index in [0.29, 0.717) is 12.8 Å². The molecule has 1 rings (SSSR count). The Bertz CT molecular complexity index is 328. The molecule has 0 aromatic heterocycles. The summed E-state index contributed by atoms with van der Waals surface area (Å²) >= 11 is 0. The van der Waals surface area contributed by atoms with E-state index in [0.717, 1.165) is 0 Å². The molecule has 2 unspecified atom stereocenters. The molecular formula is C11H17NO5. The average molecular weight is 243 g/mol. The summed E-state index contributed by atoms with van der Waals surface area (Å²) in [6.45, 7) is 3.13. The lowest BCUT2D eigenvalue weighted by Gasteiger charge is -2.28. The third-order valence-electron chi connectivity index (χ3n) is 2.73. The Balaban J connectivity index is 2.67. The monoisotopic (exact) mass is 243 g/mol. The van der Waals surface area contributed by atoms with Crippen molar-refractivity contribution in [2.75, 3.05) is 13.7 Å². The molecule has 0 N–H and O–H groups in total. The first-order valence-corrected chi connectivity index (χ1v) is 5.49. The van der Waals surface area contributed by atoms with Crippen LogP contribution in [0.3, 0.4) is 0 Å². The van der Waals surface area contributed by atoms with Crippen LogP contribution in [0.1, 0.15) is 26.7 Å². The van der Waals surface area contributed by atoms with Crippen molar-refractivity contribution in [1.82, 2.24) is 4.90 Å². The molecule has 1 heterocycles. The summed E-state index contributed by atoms with van der Waals surface area (Å²) in [6, 6.07) is -0.879. The third-order valence-corrected chi connectivity index (χ3v) is 2.73. The van der Waals surface area contributed by atoms with Crippen LogP contribution in [0.4, 0.5) is 0 Å². The van der Waals surface area contributed by atoms with Crippen LogP contribution in [0.25, 0.3) is 0 Å². The van der Waals surface area contributed by atoms with Crippen LogP contribution in [-0.4, -0.2) is 48.5 Å². The van der Waals surface area contributed by atoms with Gasteiger partial charge in [0.15, 0.2) is 0 Å². The molecule has 0 spiro atoms. The van der Waals surface area contributed by atoms with Crippen LogP contribution in [0.5, 0.6) is 0 Å². The summed E-state index contributed by atoms with van der Waals surface area (Å²) in [7, 11) is 1.29. The number of carbonyl (C=O) groups is 3. The van der Waals surface area contributed by atoms with Crippen molar-refractivity contribution in [3.05, 3.63) is 0 Å². The smallest absolute Gasteiger partial charge is 0.328 e. The fourth-order valence-electron chi connectivity index (χ4n) is 1.94. The van der Waals surface area contributed by atoms with E-state index >= 15 is 0 Å². The Morgan fingerprint density at radius 1 is 1.53 bits per heavy atom. The molecule has 0 radical (unpaired) electrons. The van der Waals surface area contributed by atoms with Gasteiger partial charge in [-0.25, -0.2) is 4.79 Å². The lowest BCUT2D eigenvalue weighted by atomic mass is 10.2. The third kappa shape index (κ3) is 3.18. The molecule has 0 aromatic carbocycles. The van der Waals surface area contributed by atoms with Crippen molar-refractivity contribution in [2.24, 2.45) is 0 Å². The van der Waals surface area contributed by atoms with Crippen molar-refractivity contribution < 1.29 is 23.9 Å². The number of rotatable bonds is 4. The highest BCUT2D eigenvalue weighted by Crippen LogP contribution is 2.22. The van der Waals surface area contributed by atoms with E-state index in [-0.39, 0.29) is 18.6 Å². The predicted molar refractivity (Wildman–Crippen MR) is 58.0 cm³/mol. The van der Waals surface area contributed by atoms with E-state index in [4.69, 9.17) is 4.74 Å². The summed E-state index contributed by atoms with van der Waals surface area (Å²) in [6.07, 6.45) is 0.778. The van der Waals surface area contributed by atoms with Crippen molar-refractivity contribution in [3.8, 4) is 0 Å². The Labute approximate surface area is 99.9 Å². The number of likely N-dealkylation sites (tertiary alicyclic amines) is 1. The SMILES string of the molecule is COC(=O)C1CCC(=O)N1C(C)COC(C)=O. The molecule has 0 aromatic rings. The molecule has 0 bridgehead atoms. The second-order valence-electron chi connectivity index (χ2n) is 4.03. The summed E-state index contributed by atoms with van der Waals surface area (Å²) in [5, 5.41) is 0. The van der Waals surface area contributed by atoms with Gasteiger partial charge in [-0.15, -0.1) is 0 Å². The Morgan fingerprint density at radius 3 is 2.71 bits per heavy atom. The lowest BCUT2D eigenvalue weighted by Crippen LogP contribution is -2.46. The van der Waals surface area contributed by atoms with E-state index in [2.05, 4.69) is 4.74 Å². The van der Waals surface area contributed by atoms with Crippen LogP contribution in [0.15, 0.2) is 0 Å². The van der Waals surface area contributed by atoms with E-state index in [1.165, 1.54) is 18.9 Å². The van der Waals surface area contributed by atoms with Crippen molar-refractivity contribution in [1.29, 1.82) is 0 Å². The fourth-order valence-corrected chi connectivity index (χ4v) is 1.94. The maximum Gasteiger partial charge on any atom is 0.328 e. The minimum absolute atomic E-state index is 0.0918. The van der Waals surface area contributed by atoms with Gasteiger partial charge in [0.1, 0.15) is 12.6 Å². The Hall–Kier alpha value is -1.59. The summed E-state index contributed by atoms with van der Waals surface area (Å²) < 4.78 is 9.49. The molecule has 1 aliphatic rings. The molecule has 1 saturated heterocycles. The molecule has 1 fully saturated rings. The van der Waals surface area contributed by atoms with Gasteiger partial charge in [0.25, 0.3) is 0 Å². The number of ether oxygens (including phenoxy) is 2. The molecule has 96 valence electrons. The number of methoxy groups -OCH3 is 1. The molecule has 0 saturated carbocycles. The van der Waals surface area contributed by atoms with E-state index in [9.17, 15) is 14.4 Å². The van der Waals surface area contributed by atoms with Gasteiger partial charge in [0.05, 0.1) is 13.2 Å². The van der Waals surface area contributed by atoms with Crippen LogP contribution >= 0.6 is 0 Å². The van der Waals surface area contributed by atoms with Crippen LogP contribution in [-0.2, 0) is 23.9 Å². The number of hydrogen-bond donors (Lipinski definition) is 0. The van der Waals surface area contributed by atoms with Gasteiger partial charge < -0.3 is 14.4 Å². The molecule has 1 amide bonds. The van der Waals surface area contributed by atoms with Crippen LogP contribution < -0.4 is 0 Å². The van der Waals surface area contributed by atoms with Crippen molar-refractivity contribution >= 4 is 17.8 Å². The van der Waals surface area contributed by atoms with Gasteiger partial charge in [0, 0.05) is 13.3 Å². The number of esters is 2. The zero-order valence-corrected chi connectivity index (χ0v) is 10.3. The molecule has 1 aliphatic heterocycles. The topological polar surface area (TPSA) is 72.9 Å². The van der Waals surface area contributed by atoms with E-state index < -0.39 is 18.0 Å². The number of carbonyl (C=O) groups excluding carboxylic acids is 3. The zero-order valence-electron chi connectivity index (χ0n) is 10.3. The van der Waals surface area contributed by atoms with Crippen LogP contribution in [0, 0.1) is 0 Å². The minimum Gasteiger partial charge on any atom is -0.467 e. The summed E-state index contributed by atoms with van der Waals surface area (Å²) in [5.41, 5.74) is 0. The second kappa shape index (κ2) is 5.65. The van der Waals surface area contributed by atoms with E-state index in [1.54, 1.807) is 6.92 Å². The highest BCUT2D eigenvalue weighted by molar-refractivity contribution is 5.88. The normalized spacial score (nSPS) is 21.2. The number of hydrogen-bond acceptors (Lipinski definition) is 5. The molecule has 6 heteroatoms. The van der Waals surface area contributed by atoms with Gasteiger partial charge in [-0.1, -0.05) is 0 Å². The van der Waals surface area contributed by atoms with Crippen molar-refractivity contribution in [2.45, 2.75) is 38.8 Å². The van der Waals surface area contributed by atoms with Gasteiger partial charge >= 0.3 is 11.9 Å². The maximum atomic E-state index is 11.7. The first-order valence-electron chi connectivity index (χ1n) is 5.49. The minimum atomic E-state index is -0.557. The Morgan fingerprint density at radius 2 is 2.18 bits per heavy atom. The molecule has 2 atom stereocenters. The van der Waals surface area contributed by atoms with Gasteiger partial charge in [0.2, 0.25) is 5.91 Å². The second-order valence-corrected chi connectivity index (χ2v) is 4.03. The molecule has 6 nitrogen and oxygen atoms in total. The summed E-state index contributed by atoms with van der Waals surface area (Å²) in [4.78, 5) is 35.3. The molecular weight excluding hydrogens is 226 g/mol. The van der Waals surface area contributed by atoms with Gasteiger partial charge in [-0.2, -0.15) is 0 Å². The lowest BCUT2D eigenvalue weighted by molar-refractivity contribution is -0.153. The highest BCUT2D eigenvalue weighted by atomic mass is 16.5. The molecule has 0 aliphatic carbocycles.